The summed E-state index contributed by atoms with van der Waals surface area (Å²) in [6, 6.07) is 12.7. The molecule has 0 saturated carbocycles. The minimum atomic E-state index is -0.357. The number of fused-ring (bicyclic) bond motifs is 1. The van der Waals surface area contributed by atoms with Crippen LogP contribution in [0.1, 0.15) is 22.5 Å². The molecule has 1 aliphatic heterocycles. The molecule has 7 heteroatoms. The molecule has 0 unspecified atom stereocenters. The Bertz CT molecular complexity index is 985. The van der Waals surface area contributed by atoms with Gasteiger partial charge in [0.1, 0.15) is 17.0 Å². The topological polar surface area (TPSA) is 73.6 Å². The Hall–Kier alpha value is -2.99. The fourth-order valence-electron chi connectivity index (χ4n) is 2.90. The molecule has 1 N–H and O–H groups in total. The fraction of sp³-hybridized carbons (Fsp3) is 0.200. The number of hydrogen-bond acceptors (Lipinski definition) is 5. The maximum Gasteiger partial charge on any atom is 0.261 e. The number of ether oxygens (including phenoxy) is 2. The Kier molecular flexibility index (Phi) is 4.73. The largest absolute Gasteiger partial charge is 0.490 e. The molecule has 4 rings (SSSR count). The Morgan fingerprint density at radius 2 is 1.81 bits per heavy atom. The molecule has 0 fully saturated rings. The van der Waals surface area contributed by atoms with Gasteiger partial charge < -0.3 is 19.3 Å². The highest BCUT2D eigenvalue weighted by Crippen LogP contribution is 2.38. The number of amides is 1. The molecule has 2 aromatic carbocycles. The molecule has 0 spiro atoms. The van der Waals surface area contributed by atoms with Crippen LogP contribution in [-0.2, 0) is 0 Å². The fourth-order valence-corrected chi connectivity index (χ4v) is 3.10. The van der Waals surface area contributed by atoms with E-state index in [9.17, 15) is 4.79 Å². The number of halogens is 1. The van der Waals surface area contributed by atoms with E-state index < -0.39 is 0 Å². The van der Waals surface area contributed by atoms with E-state index in [4.69, 9.17) is 25.6 Å². The van der Waals surface area contributed by atoms with E-state index in [-0.39, 0.29) is 5.91 Å². The summed E-state index contributed by atoms with van der Waals surface area (Å²) in [7, 11) is 0. The molecule has 2 heterocycles. The molecule has 27 heavy (non-hydrogen) atoms. The molecule has 0 radical (unpaired) electrons. The summed E-state index contributed by atoms with van der Waals surface area (Å²) >= 11 is 6.33. The molecular formula is C20H17ClN2O4. The maximum atomic E-state index is 12.9. The van der Waals surface area contributed by atoms with Gasteiger partial charge >= 0.3 is 0 Å². The molecule has 138 valence electrons. The second kappa shape index (κ2) is 7.32. The molecule has 3 aromatic rings. The van der Waals surface area contributed by atoms with E-state index in [2.05, 4.69) is 10.5 Å². The van der Waals surface area contributed by atoms with Crippen molar-refractivity contribution in [2.24, 2.45) is 0 Å². The van der Waals surface area contributed by atoms with Crippen LogP contribution in [0, 0.1) is 6.92 Å². The molecule has 0 bridgehead atoms. The van der Waals surface area contributed by atoms with Crippen molar-refractivity contribution in [2.45, 2.75) is 13.3 Å². The summed E-state index contributed by atoms with van der Waals surface area (Å²) < 4.78 is 16.5. The minimum Gasteiger partial charge on any atom is -0.490 e. The molecule has 0 aliphatic carbocycles. The third-order valence-electron chi connectivity index (χ3n) is 4.22. The summed E-state index contributed by atoms with van der Waals surface area (Å²) in [6.45, 7) is 2.81. The first-order valence-corrected chi connectivity index (χ1v) is 8.93. The van der Waals surface area contributed by atoms with E-state index in [1.54, 1.807) is 19.1 Å². The molecular weight excluding hydrogens is 368 g/mol. The van der Waals surface area contributed by atoms with Gasteiger partial charge in [0.05, 0.1) is 23.9 Å². The lowest BCUT2D eigenvalue weighted by Gasteiger charge is -2.12. The summed E-state index contributed by atoms with van der Waals surface area (Å²) in [5.74, 6) is 1.19. The zero-order chi connectivity index (χ0) is 18.8. The van der Waals surface area contributed by atoms with E-state index in [0.717, 1.165) is 12.0 Å². The van der Waals surface area contributed by atoms with Gasteiger partial charge in [0, 0.05) is 24.1 Å². The van der Waals surface area contributed by atoms with Crippen molar-refractivity contribution in [1.29, 1.82) is 0 Å². The number of anilines is 1. The number of nitrogens with zero attached hydrogens (tertiary/aromatic N) is 1. The first kappa shape index (κ1) is 17.4. The normalized spacial score (nSPS) is 13.1. The van der Waals surface area contributed by atoms with Gasteiger partial charge in [-0.05, 0) is 6.92 Å². The molecule has 0 atom stereocenters. The zero-order valence-electron chi connectivity index (χ0n) is 14.6. The van der Waals surface area contributed by atoms with Crippen LogP contribution in [-0.4, -0.2) is 24.3 Å². The zero-order valence-corrected chi connectivity index (χ0v) is 15.4. The number of benzene rings is 2. The second-order valence-electron chi connectivity index (χ2n) is 6.11. The number of hydrogen-bond donors (Lipinski definition) is 1. The minimum absolute atomic E-state index is 0.357. The number of nitrogens with one attached hydrogen (secondary N) is 1. The van der Waals surface area contributed by atoms with Crippen LogP contribution >= 0.6 is 11.6 Å². The first-order chi connectivity index (χ1) is 13.1. The second-order valence-corrected chi connectivity index (χ2v) is 6.52. The number of rotatable bonds is 3. The van der Waals surface area contributed by atoms with Gasteiger partial charge in [-0.2, -0.15) is 0 Å². The Morgan fingerprint density at radius 1 is 1.11 bits per heavy atom. The van der Waals surface area contributed by atoms with Gasteiger partial charge in [-0.1, -0.05) is 47.1 Å². The summed E-state index contributed by atoms with van der Waals surface area (Å²) in [5, 5.41) is 7.23. The van der Waals surface area contributed by atoms with Crippen LogP contribution in [0.15, 0.2) is 47.0 Å². The third-order valence-corrected chi connectivity index (χ3v) is 4.54. The predicted molar refractivity (Wildman–Crippen MR) is 102 cm³/mol. The summed E-state index contributed by atoms with van der Waals surface area (Å²) in [4.78, 5) is 12.9. The third kappa shape index (κ3) is 3.48. The lowest BCUT2D eigenvalue weighted by Crippen LogP contribution is -2.14. The Balaban J connectivity index is 1.66. The van der Waals surface area contributed by atoms with Gasteiger partial charge in [0.2, 0.25) is 0 Å². The monoisotopic (exact) mass is 384 g/mol. The van der Waals surface area contributed by atoms with Crippen molar-refractivity contribution in [3.05, 3.63) is 58.8 Å². The number of aryl methyl sites for hydroxylation is 1. The average molecular weight is 385 g/mol. The maximum absolute atomic E-state index is 12.9. The van der Waals surface area contributed by atoms with Gasteiger partial charge in [-0.25, -0.2) is 0 Å². The highest BCUT2D eigenvalue weighted by Gasteiger charge is 2.23. The Labute approximate surface area is 161 Å². The molecule has 6 nitrogen and oxygen atoms in total. The molecule has 1 aliphatic rings. The number of carbonyl (C=O) groups is 1. The molecule has 1 amide bonds. The highest BCUT2D eigenvalue weighted by molar-refractivity contribution is 6.34. The standard InChI is InChI=1S/C20H17ClN2O4/c1-12-18(19(23-27-12)13-6-3-2-4-7-13)20(24)22-15-11-17-16(10-14(15)21)25-8-5-9-26-17/h2-4,6-7,10-11H,5,8-9H2,1H3,(H,22,24). The lowest BCUT2D eigenvalue weighted by molar-refractivity contribution is 0.102. The van der Waals surface area contributed by atoms with Crippen LogP contribution < -0.4 is 14.8 Å². The van der Waals surface area contributed by atoms with Gasteiger partial charge in [0.25, 0.3) is 5.91 Å². The molecule has 0 saturated heterocycles. The van der Waals surface area contributed by atoms with Crippen LogP contribution in [0.5, 0.6) is 11.5 Å². The van der Waals surface area contributed by atoms with E-state index in [0.29, 0.717) is 52.4 Å². The molecule has 1 aromatic heterocycles. The number of aromatic nitrogens is 1. The van der Waals surface area contributed by atoms with Crippen molar-refractivity contribution in [1.82, 2.24) is 5.16 Å². The van der Waals surface area contributed by atoms with E-state index >= 15 is 0 Å². The van der Waals surface area contributed by atoms with Gasteiger partial charge in [-0.3, -0.25) is 4.79 Å². The van der Waals surface area contributed by atoms with Crippen LogP contribution in [0.25, 0.3) is 11.3 Å². The lowest BCUT2D eigenvalue weighted by atomic mass is 10.1. The summed E-state index contributed by atoms with van der Waals surface area (Å²) in [5.41, 5.74) is 2.08. The predicted octanol–water partition coefficient (Wildman–Crippen LogP) is 4.72. The van der Waals surface area contributed by atoms with Crippen molar-refractivity contribution in [2.75, 3.05) is 18.5 Å². The highest BCUT2D eigenvalue weighted by atomic mass is 35.5. The Morgan fingerprint density at radius 3 is 2.56 bits per heavy atom. The van der Waals surface area contributed by atoms with Crippen molar-refractivity contribution in [3.8, 4) is 22.8 Å². The van der Waals surface area contributed by atoms with E-state index in [1.165, 1.54) is 0 Å². The van der Waals surface area contributed by atoms with Crippen molar-refractivity contribution < 1.29 is 18.8 Å². The van der Waals surface area contributed by atoms with Crippen LogP contribution in [0.2, 0.25) is 5.02 Å². The smallest absolute Gasteiger partial charge is 0.261 e. The quantitative estimate of drug-likeness (QED) is 0.707. The van der Waals surface area contributed by atoms with Crippen LogP contribution in [0.4, 0.5) is 5.69 Å². The van der Waals surface area contributed by atoms with Crippen LogP contribution in [0.3, 0.4) is 0 Å². The van der Waals surface area contributed by atoms with Gasteiger partial charge in [0.15, 0.2) is 11.5 Å². The summed E-state index contributed by atoms with van der Waals surface area (Å²) in [6.07, 6.45) is 0.786. The first-order valence-electron chi connectivity index (χ1n) is 8.55. The number of carbonyl (C=O) groups excluding carboxylic acids is 1. The van der Waals surface area contributed by atoms with E-state index in [1.807, 2.05) is 30.3 Å². The van der Waals surface area contributed by atoms with Gasteiger partial charge in [-0.15, -0.1) is 0 Å². The van der Waals surface area contributed by atoms with Crippen molar-refractivity contribution in [3.63, 3.8) is 0 Å². The average Bonchev–Trinajstić information content (AvgIpc) is 2.92. The van der Waals surface area contributed by atoms with Crippen molar-refractivity contribution >= 4 is 23.2 Å². The SMILES string of the molecule is Cc1onc(-c2ccccc2)c1C(=O)Nc1cc2c(cc1Cl)OCCCO2.